The average molecular weight is 611 g/mol. The summed E-state index contributed by atoms with van der Waals surface area (Å²) in [5.74, 6) is -4.19. The fourth-order valence-electron chi connectivity index (χ4n) is 4.78. The van der Waals surface area contributed by atoms with E-state index in [1.165, 1.54) is 0 Å². The van der Waals surface area contributed by atoms with E-state index >= 15 is 0 Å². The Labute approximate surface area is 250 Å². The Morgan fingerprint density at radius 3 is 1.69 bits per heavy atom. The zero-order valence-electron chi connectivity index (χ0n) is 24.1. The average Bonchev–Trinajstić information content (AvgIpc) is 2.86. The number of thiocarbonyl (C=S) groups is 1. The van der Waals surface area contributed by atoms with E-state index in [0.29, 0.717) is 11.5 Å². The summed E-state index contributed by atoms with van der Waals surface area (Å²) in [7, 11) is 0. The van der Waals surface area contributed by atoms with Crippen molar-refractivity contribution in [1.29, 1.82) is 0 Å². The Balaban J connectivity index is 2.36. The van der Waals surface area contributed by atoms with Crippen molar-refractivity contribution in [2.45, 2.75) is 32.4 Å². The maximum Gasteiger partial charge on any atom is 0.317 e. The molecule has 0 amide bonds. The van der Waals surface area contributed by atoms with Gasteiger partial charge in [-0.25, -0.2) is 0 Å². The molecule has 1 saturated heterocycles. The van der Waals surface area contributed by atoms with Crippen molar-refractivity contribution in [2.75, 3.05) is 77.3 Å². The molecular formula is C27H42N6O8S. The number of nitrogens with zero attached hydrogens (tertiary/aromatic N) is 4. The largest absolute Gasteiger partial charge is 0.480 e. The third kappa shape index (κ3) is 14.0. The van der Waals surface area contributed by atoms with Crippen molar-refractivity contribution in [2.24, 2.45) is 0 Å². The van der Waals surface area contributed by atoms with Crippen LogP contribution in [0.5, 0.6) is 0 Å². The summed E-state index contributed by atoms with van der Waals surface area (Å²) in [4.78, 5) is 53.3. The molecule has 0 aliphatic carbocycles. The fourth-order valence-corrected chi connectivity index (χ4v) is 5.13. The molecule has 42 heavy (non-hydrogen) atoms. The van der Waals surface area contributed by atoms with Crippen LogP contribution in [0.25, 0.3) is 0 Å². The first-order chi connectivity index (χ1) is 19.8. The zero-order valence-corrected chi connectivity index (χ0v) is 24.9. The Morgan fingerprint density at radius 1 is 0.762 bits per heavy atom. The van der Waals surface area contributed by atoms with Gasteiger partial charge in [-0.1, -0.05) is 12.1 Å². The normalized spacial score (nSPS) is 18.5. The Hall–Kier alpha value is -3.37. The van der Waals surface area contributed by atoms with Crippen molar-refractivity contribution >= 4 is 46.9 Å². The summed E-state index contributed by atoms with van der Waals surface area (Å²) in [5.41, 5.74) is 1.66. The molecule has 0 radical (unpaired) electrons. The Bertz CT molecular complexity index is 1070. The standard InChI is InChI=1S/C27H42N6O8S/c1-19(2)28-27(42)29-21-5-3-20(4-6-21)13-22-14-32(17-25(38)39)10-9-30(15-23(34)35)7-8-31(16-24(36)37)11-12-33(22)18-26(40)41/h3-6,19,22H,7-18H2,1-2H3,(H,34,35)(H,36,37)(H,38,39)(H,40,41)(H2,28,29,42). The molecule has 234 valence electrons. The first-order valence-corrected chi connectivity index (χ1v) is 14.2. The molecule has 0 spiro atoms. The van der Waals surface area contributed by atoms with E-state index in [-0.39, 0.29) is 78.0 Å². The molecule has 1 heterocycles. The van der Waals surface area contributed by atoms with Crippen molar-refractivity contribution in [3.05, 3.63) is 29.8 Å². The number of anilines is 1. The van der Waals surface area contributed by atoms with Crippen molar-refractivity contribution in [3.63, 3.8) is 0 Å². The maximum atomic E-state index is 11.9. The molecule has 0 aromatic heterocycles. The second kappa shape index (κ2) is 17.6. The van der Waals surface area contributed by atoms with Gasteiger partial charge in [0, 0.05) is 63.6 Å². The van der Waals surface area contributed by atoms with Gasteiger partial charge in [0.05, 0.1) is 26.2 Å². The molecule has 15 heteroatoms. The molecule has 2 rings (SSSR count). The SMILES string of the molecule is CC(C)NC(=S)Nc1ccc(CC2CN(CC(=O)O)CCN(CC(=O)O)CCN(CC(=O)O)CCN2CC(=O)O)cc1. The second-order valence-electron chi connectivity index (χ2n) is 10.6. The van der Waals surface area contributed by atoms with E-state index in [9.17, 15) is 39.6 Å². The van der Waals surface area contributed by atoms with E-state index in [1.807, 2.05) is 38.1 Å². The molecule has 1 aliphatic rings. The summed E-state index contributed by atoms with van der Waals surface area (Å²) in [6.07, 6.45) is 0.399. The first-order valence-electron chi connectivity index (χ1n) is 13.8. The van der Waals surface area contributed by atoms with Gasteiger partial charge >= 0.3 is 23.9 Å². The van der Waals surface area contributed by atoms with Gasteiger partial charge in [0.15, 0.2) is 5.11 Å². The molecule has 1 atom stereocenters. The summed E-state index contributed by atoms with van der Waals surface area (Å²) in [6.45, 7) is 4.45. The van der Waals surface area contributed by atoms with Gasteiger partial charge in [0.2, 0.25) is 0 Å². The van der Waals surface area contributed by atoms with Gasteiger partial charge in [0.1, 0.15) is 0 Å². The van der Waals surface area contributed by atoms with Crippen LogP contribution < -0.4 is 10.6 Å². The van der Waals surface area contributed by atoms with Gasteiger partial charge in [-0.05, 0) is 50.2 Å². The van der Waals surface area contributed by atoms with Crippen LogP contribution in [-0.4, -0.2) is 153 Å². The third-order valence-corrected chi connectivity index (χ3v) is 6.89. The number of carboxylic acids is 4. The number of benzene rings is 1. The quantitative estimate of drug-likeness (QED) is 0.172. The first kappa shape index (κ1) is 34.8. The van der Waals surface area contributed by atoms with Gasteiger partial charge in [0.25, 0.3) is 0 Å². The van der Waals surface area contributed by atoms with Crippen LogP contribution in [0.2, 0.25) is 0 Å². The van der Waals surface area contributed by atoms with Gasteiger partial charge in [-0.15, -0.1) is 0 Å². The molecule has 0 bridgehead atoms. The molecule has 0 saturated carbocycles. The van der Waals surface area contributed by atoms with Gasteiger partial charge < -0.3 is 31.1 Å². The van der Waals surface area contributed by atoms with Gasteiger partial charge in [-0.3, -0.25) is 38.8 Å². The summed E-state index contributed by atoms with van der Waals surface area (Å²) < 4.78 is 0. The molecule has 1 aliphatic heterocycles. The minimum atomic E-state index is -1.06. The minimum absolute atomic E-state index is 0.168. The predicted octanol–water partition coefficient (Wildman–Crippen LogP) is -0.147. The Kier molecular flexibility index (Phi) is 14.6. The number of carbonyl (C=O) groups is 4. The fraction of sp³-hybridized carbons (Fsp3) is 0.593. The monoisotopic (exact) mass is 610 g/mol. The van der Waals surface area contributed by atoms with E-state index in [0.717, 1.165) is 11.3 Å². The molecule has 1 aromatic rings. The second-order valence-corrected chi connectivity index (χ2v) is 11.0. The molecule has 1 fully saturated rings. The number of nitrogens with one attached hydrogen (secondary N) is 2. The smallest absolute Gasteiger partial charge is 0.317 e. The molecule has 6 N–H and O–H groups in total. The predicted molar refractivity (Wildman–Crippen MR) is 160 cm³/mol. The lowest BCUT2D eigenvalue weighted by atomic mass is 10.0. The highest BCUT2D eigenvalue weighted by molar-refractivity contribution is 7.80. The Morgan fingerprint density at radius 2 is 1.21 bits per heavy atom. The number of aliphatic carboxylic acids is 4. The van der Waals surface area contributed by atoms with E-state index in [1.54, 1.807) is 19.6 Å². The van der Waals surface area contributed by atoms with Crippen LogP contribution in [0.1, 0.15) is 19.4 Å². The molecule has 1 unspecified atom stereocenters. The van der Waals surface area contributed by atoms with Crippen molar-refractivity contribution in [1.82, 2.24) is 24.9 Å². The van der Waals surface area contributed by atoms with Crippen molar-refractivity contribution < 1.29 is 39.6 Å². The zero-order chi connectivity index (χ0) is 31.2. The van der Waals surface area contributed by atoms with Crippen LogP contribution in [0.3, 0.4) is 0 Å². The third-order valence-electron chi connectivity index (χ3n) is 6.67. The topological polar surface area (TPSA) is 186 Å². The lowest BCUT2D eigenvalue weighted by molar-refractivity contribution is -0.142. The van der Waals surface area contributed by atoms with Crippen LogP contribution in [0, 0.1) is 0 Å². The number of hydrogen-bond donors (Lipinski definition) is 6. The summed E-state index contributed by atoms with van der Waals surface area (Å²) in [5, 5.41) is 44.8. The van der Waals surface area contributed by atoms with Crippen molar-refractivity contribution in [3.8, 4) is 0 Å². The van der Waals surface area contributed by atoms with Crippen LogP contribution in [-0.2, 0) is 25.6 Å². The van der Waals surface area contributed by atoms with Crippen LogP contribution in [0.4, 0.5) is 5.69 Å². The van der Waals surface area contributed by atoms with E-state index < -0.39 is 29.9 Å². The minimum Gasteiger partial charge on any atom is -0.480 e. The number of rotatable bonds is 12. The summed E-state index contributed by atoms with van der Waals surface area (Å²) >= 11 is 5.30. The lowest BCUT2D eigenvalue weighted by Crippen LogP contribution is -2.53. The van der Waals surface area contributed by atoms with E-state index in [2.05, 4.69) is 10.6 Å². The number of carboxylic acid groups (broad SMARTS) is 4. The summed E-state index contributed by atoms with van der Waals surface area (Å²) in [6, 6.07) is 7.23. The lowest BCUT2D eigenvalue weighted by Gasteiger charge is -2.37. The van der Waals surface area contributed by atoms with Crippen LogP contribution in [0.15, 0.2) is 24.3 Å². The highest BCUT2D eigenvalue weighted by Crippen LogP contribution is 2.16. The molecule has 1 aromatic carbocycles. The molecular weight excluding hydrogens is 568 g/mol. The van der Waals surface area contributed by atoms with Crippen LogP contribution >= 0.6 is 12.2 Å². The highest BCUT2D eigenvalue weighted by Gasteiger charge is 2.27. The number of hydrogen-bond acceptors (Lipinski definition) is 9. The van der Waals surface area contributed by atoms with Gasteiger partial charge in [-0.2, -0.15) is 0 Å². The maximum absolute atomic E-state index is 11.9. The highest BCUT2D eigenvalue weighted by atomic mass is 32.1. The molecule has 14 nitrogen and oxygen atoms in total. The van der Waals surface area contributed by atoms with E-state index in [4.69, 9.17) is 12.2 Å².